The van der Waals surface area contributed by atoms with Gasteiger partial charge in [0.05, 0.1) is 12.0 Å². The number of carboxylic acid groups (broad SMARTS) is 1. The van der Waals surface area contributed by atoms with E-state index in [9.17, 15) is 24.8 Å². The van der Waals surface area contributed by atoms with Gasteiger partial charge in [0.2, 0.25) is 0 Å². The molecule has 0 spiro atoms. The summed E-state index contributed by atoms with van der Waals surface area (Å²) in [6, 6.07) is 1.87. The number of benzene rings is 1. The molecule has 1 aromatic rings. The zero-order valence-corrected chi connectivity index (χ0v) is 13.3. The van der Waals surface area contributed by atoms with Gasteiger partial charge in [-0.2, -0.15) is 0 Å². The molecule has 0 aliphatic heterocycles. The van der Waals surface area contributed by atoms with Gasteiger partial charge < -0.3 is 15.2 Å². The number of ether oxygens (including phenoxy) is 1. The van der Waals surface area contributed by atoms with Gasteiger partial charge >= 0.3 is 11.9 Å². The lowest BCUT2D eigenvalue weighted by Gasteiger charge is -2.16. The second-order valence-corrected chi connectivity index (χ2v) is 5.12. The molecule has 0 saturated carbocycles. The Morgan fingerprint density at radius 2 is 2.09 bits per heavy atom. The van der Waals surface area contributed by atoms with Crippen LogP contribution in [0.1, 0.15) is 42.1 Å². The molecule has 126 valence electrons. The summed E-state index contributed by atoms with van der Waals surface area (Å²) in [4.78, 5) is 33.5. The molecule has 2 N–H and O–H groups in total. The molecule has 1 aromatic carbocycles. The number of nitro benzene ring substituents is 1. The highest BCUT2D eigenvalue weighted by Gasteiger charge is 2.26. The predicted molar refractivity (Wildman–Crippen MR) is 83.7 cm³/mol. The molecule has 0 bridgehead atoms. The number of unbranched alkanes of at least 4 members (excludes halogenated alkanes) is 1. The number of hydrogen-bond acceptors (Lipinski definition) is 6. The van der Waals surface area contributed by atoms with Crippen molar-refractivity contribution < 1.29 is 24.4 Å². The van der Waals surface area contributed by atoms with Crippen LogP contribution in [0, 0.1) is 17.0 Å². The molecule has 1 rings (SSSR count). The molecule has 0 fully saturated rings. The Kier molecular flexibility index (Phi) is 6.49. The Labute approximate surface area is 133 Å². The number of nitrogens with one attached hydrogen (secondary N) is 1. The summed E-state index contributed by atoms with van der Waals surface area (Å²) in [5.74, 6) is -1.86. The van der Waals surface area contributed by atoms with E-state index in [2.05, 4.69) is 10.1 Å². The summed E-state index contributed by atoms with van der Waals surface area (Å²) in [5, 5.41) is 23.2. The number of methoxy groups -OCH3 is 1. The first-order valence-electron chi connectivity index (χ1n) is 7.18. The van der Waals surface area contributed by atoms with E-state index >= 15 is 0 Å². The highest BCUT2D eigenvalue weighted by Crippen LogP contribution is 2.29. The van der Waals surface area contributed by atoms with Gasteiger partial charge in [0.1, 0.15) is 11.6 Å². The molecule has 0 aromatic heterocycles. The van der Waals surface area contributed by atoms with Gasteiger partial charge in [0.15, 0.2) is 0 Å². The maximum atomic E-state index is 11.8. The fourth-order valence-corrected chi connectivity index (χ4v) is 2.24. The van der Waals surface area contributed by atoms with Crippen molar-refractivity contribution in [2.45, 2.75) is 39.2 Å². The number of esters is 1. The van der Waals surface area contributed by atoms with Gasteiger partial charge in [-0.25, -0.2) is 9.59 Å². The molecule has 8 heteroatoms. The quantitative estimate of drug-likeness (QED) is 0.428. The lowest BCUT2D eigenvalue weighted by Crippen LogP contribution is -2.29. The summed E-state index contributed by atoms with van der Waals surface area (Å²) in [6.45, 7) is 3.43. The Bertz CT molecular complexity index is 614. The number of anilines is 1. The third-order valence-corrected chi connectivity index (χ3v) is 3.37. The first-order valence-corrected chi connectivity index (χ1v) is 7.18. The van der Waals surface area contributed by atoms with Gasteiger partial charge in [-0.05, 0) is 25.5 Å². The molecule has 0 aliphatic rings. The normalized spacial score (nSPS) is 11.6. The highest BCUT2D eigenvalue weighted by molar-refractivity contribution is 5.96. The summed E-state index contributed by atoms with van der Waals surface area (Å²) in [7, 11) is 1.13. The third-order valence-electron chi connectivity index (χ3n) is 3.37. The van der Waals surface area contributed by atoms with E-state index in [1.807, 2.05) is 6.92 Å². The van der Waals surface area contributed by atoms with Crippen LogP contribution in [0.5, 0.6) is 0 Å². The van der Waals surface area contributed by atoms with Gasteiger partial charge in [-0.15, -0.1) is 0 Å². The van der Waals surface area contributed by atoms with Crippen molar-refractivity contribution in [3.8, 4) is 0 Å². The second-order valence-electron chi connectivity index (χ2n) is 5.12. The van der Waals surface area contributed by atoms with Crippen LogP contribution in [0.4, 0.5) is 11.4 Å². The zero-order valence-electron chi connectivity index (χ0n) is 13.3. The summed E-state index contributed by atoms with van der Waals surface area (Å²) < 4.78 is 4.57. The van der Waals surface area contributed by atoms with Crippen molar-refractivity contribution in [1.82, 2.24) is 0 Å². The van der Waals surface area contributed by atoms with E-state index in [4.69, 9.17) is 0 Å². The standard InChI is InChI=1S/C15H20N2O6/c1-4-5-6-12(14(18)19)16-10-7-9(2)13(17(21)22)11(8-10)15(20)23-3/h7-8,12,16H,4-6H2,1-3H3,(H,18,19). The topological polar surface area (TPSA) is 119 Å². The van der Waals surface area contributed by atoms with Crippen LogP contribution in [0.2, 0.25) is 0 Å². The van der Waals surface area contributed by atoms with Crippen LogP contribution >= 0.6 is 0 Å². The number of aliphatic carboxylic acids is 1. The first kappa shape index (κ1) is 18.4. The number of aryl methyl sites for hydroxylation is 1. The average Bonchev–Trinajstić information content (AvgIpc) is 2.49. The minimum atomic E-state index is -1.02. The smallest absolute Gasteiger partial charge is 0.344 e. The minimum absolute atomic E-state index is 0.209. The molecular weight excluding hydrogens is 304 g/mol. The SMILES string of the molecule is CCCCC(Nc1cc(C)c([N+](=O)[O-])c(C(=O)OC)c1)C(=O)O. The van der Waals surface area contributed by atoms with Crippen molar-refractivity contribution in [1.29, 1.82) is 0 Å². The maximum absolute atomic E-state index is 11.8. The molecule has 23 heavy (non-hydrogen) atoms. The molecular formula is C15H20N2O6. The van der Waals surface area contributed by atoms with Crippen LogP contribution in [-0.4, -0.2) is 35.1 Å². The Morgan fingerprint density at radius 3 is 2.57 bits per heavy atom. The monoisotopic (exact) mass is 324 g/mol. The summed E-state index contributed by atoms with van der Waals surface area (Å²) in [5.41, 5.74) is 0.0273. The van der Waals surface area contributed by atoms with E-state index in [0.29, 0.717) is 12.1 Å². The largest absolute Gasteiger partial charge is 0.480 e. The van der Waals surface area contributed by atoms with Crippen LogP contribution < -0.4 is 5.32 Å². The van der Waals surface area contributed by atoms with Crippen molar-refractivity contribution >= 4 is 23.3 Å². The van der Waals surface area contributed by atoms with Crippen molar-refractivity contribution in [2.75, 3.05) is 12.4 Å². The van der Waals surface area contributed by atoms with Gasteiger partial charge in [-0.3, -0.25) is 10.1 Å². The number of carbonyl (C=O) groups is 2. The van der Waals surface area contributed by atoms with E-state index in [1.54, 1.807) is 0 Å². The number of carboxylic acids is 1. The summed E-state index contributed by atoms with van der Waals surface area (Å²) in [6.07, 6.45) is 1.98. The van der Waals surface area contributed by atoms with Gasteiger partial charge in [0.25, 0.3) is 5.69 Å². The van der Waals surface area contributed by atoms with Gasteiger partial charge in [0, 0.05) is 11.3 Å². The summed E-state index contributed by atoms with van der Waals surface area (Å²) >= 11 is 0. The molecule has 8 nitrogen and oxygen atoms in total. The van der Waals surface area contributed by atoms with Crippen LogP contribution in [0.25, 0.3) is 0 Å². The number of rotatable bonds is 8. The first-order chi connectivity index (χ1) is 10.8. The fourth-order valence-electron chi connectivity index (χ4n) is 2.24. The zero-order chi connectivity index (χ0) is 17.6. The van der Waals surface area contributed by atoms with E-state index in [-0.39, 0.29) is 16.8 Å². The second kappa shape index (κ2) is 8.11. The molecule has 1 unspecified atom stereocenters. The number of hydrogen-bond donors (Lipinski definition) is 2. The Balaban J connectivity index is 3.22. The lowest BCUT2D eigenvalue weighted by atomic mass is 10.0. The number of carbonyl (C=O) groups excluding carboxylic acids is 1. The third kappa shape index (κ3) is 4.67. The maximum Gasteiger partial charge on any atom is 0.344 e. The van der Waals surface area contributed by atoms with Crippen molar-refractivity contribution in [3.63, 3.8) is 0 Å². The molecule has 0 amide bonds. The highest BCUT2D eigenvalue weighted by atomic mass is 16.6. The molecule has 0 radical (unpaired) electrons. The van der Waals surface area contributed by atoms with Gasteiger partial charge in [-0.1, -0.05) is 19.8 Å². The van der Waals surface area contributed by atoms with Crippen LogP contribution in [0.3, 0.4) is 0 Å². The number of nitrogens with zero attached hydrogens (tertiary/aromatic N) is 1. The molecule has 0 heterocycles. The lowest BCUT2D eigenvalue weighted by molar-refractivity contribution is -0.385. The van der Waals surface area contributed by atoms with E-state index in [1.165, 1.54) is 19.1 Å². The van der Waals surface area contributed by atoms with Crippen molar-refractivity contribution in [3.05, 3.63) is 33.4 Å². The van der Waals surface area contributed by atoms with Crippen LogP contribution in [-0.2, 0) is 9.53 Å². The van der Waals surface area contributed by atoms with Crippen molar-refractivity contribution in [2.24, 2.45) is 0 Å². The predicted octanol–water partition coefficient (Wildman–Crippen LogP) is 2.75. The average molecular weight is 324 g/mol. The Morgan fingerprint density at radius 1 is 1.43 bits per heavy atom. The minimum Gasteiger partial charge on any atom is -0.480 e. The Hall–Kier alpha value is -2.64. The molecule has 1 atom stereocenters. The fraction of sp³-hybridized carbons (Fsp3) is 0.467. The van der Waals surface area contributed by atoms with E-state index < -0.39 is 22.9 Å². The number of nitro groups is 1. The van der Waals surface area contributed by atoms with E-state index in [0.717, 1.165) is 20.0 Å². The molecule has 0 aliphatic carbocycles. The van der Waals surface area contributed by atoms with Crippen LogP contribution in [0.15, 0.2) is 12.1 Å². The molecule has 0 saturated heterocycles.